The van der Waals surface area contributed by atoms with Crippen molar-refractivity contribution in [2.45, 2.75) is 25.4 Å². The van der Waals surface area contributed by atoms with Crippen LogP contribution in [0.2, 0.25) is 5.02 Å². The number of aryl methyl sites for hydroxylation is 1. The molecule has 0 aliphatic heterocycles. The molecule has 4 nitrogen and oxygen atoms in total. The first kappa shape index (κ1) is 14.9. The summed E-state index contributed by atoms with van der Waals surface area (Å²) < 4.78 is 1.63. The van der Waals surface area contributed by atoms with Crippen molar-refractivity contribution in [2.24, 2.45) is 0 Å². The molecule has 0 fully saturated rings. The van der Waals surface area contributed by atoms with Crippen LogP contribution in [0.25, 0.3) is 5.69 Å². The zero-order valence-electron chi connectivity index (χ0n) is 11.3. The molecule has 0 spiro atoms. The number of carboxylic acids is 1. The minimum absolute atomic E-state index is 0.164. The standard InChI is InChI=1S/C14H15ClN2O2S/c1-3-8-20-14-16-9(2)12(13(18)19)17(14)11-7-5-4-6-10(11)15/h4-7H,3,8H2,1-2H3,(H,18,19). The number of imidazole rings is 1. The lowest BCUT2D eigenvalue weighted by Gasteiger charge is -2.11. The van der Waals surface area contributed by atoms with E-state index in [2.05, 4.69) is 11.9 Å². The number of aromatic carboxylic acids is 1. The third kappa shape index (κ3) is 2.83. The van der Waals surface area contributed by atoms with Crippen LogP contribution in [0.5, 0.6) is 0 Å². The van der Waals surface area contributed by atoms with Crippen LogP contribution in [0, 0.1) is 6.92 Å². The van der Waals surface area contributed by atoms with E-state index in [1.165, 1.54) is 11.8 Å². The molecule has 0 saturated carbocycles. The van der Waals surface area contributed by atoms with E-state index in [4.69, 9.17) is 11.6 Å². The number of thioether (sulfide) groups is 1. The second-order valence-corrected chi connectivity index (χ2v) is 5.74. The van der Waals surface area contributed by atoms with Gasteiger partial charge in [-0.1, -0.05) is 42.4 Å². The average molecular weight is 311 g/mol. The van der Waals surface area contributed by atoms with Gasteiger partial charge in [0.2, 0.25) is 0 Å². The minimum atomic E-state index is -1.00. The molecular formula is C14H15ClN2O2S. The van der Waals surface area contributed by atoms with E-state index in [0.29, 0.717) is 21.6 Å². The van der Waals surface area contributed by atoms with Crippen LogP contribution in [0.1, 0.15) is 29.5 Å². The third-order valence-electron chi connectivity index (χ3n) is 2.75. The molecule has 2 rings (SSSR count). The van der Waals surface area contributed by atoms with Crippen LogP contribution >= 0.6 is 23.4 Å². The molecule has 1 aromatic heterocycles. The van der Waals surface area contributed by atoms with Crippen LogP contribution in [-0.2, 0) is 0 Å². The quantitative estimate of drug-likeness (QED) is 0.847. The first-order valence-electron chi connectivity index (χ1n) is 6.26. The van der Waals surface area contributed by atoms with Crippen LogP contribution in [0.3, 0.4) is 0 Å². The topological polar surface area (TPSA) is 55.1 Å². The van der Waals surface area contributed by atoms with E-state index < -0.39 is 5.97 Å². The smallest absolute Gasteiger partial charge is 0.354 e. The number of rotatable bonds is 5. The van der Waals surface area contributed by atoms with Gasteiger partial charge in [-0.15, -0.1) is 0 Å². The lowest BCUT2D eigenvalue weighted by molar-refractivity contribution is 0.0686. The number of benzene rings is 1. The van der Waals surface area contributed by atoms with Gasteiger partial charge >= 0.3 is 5.97 Å². The molecule has 0 saturated heterocycles. The highest BCUT2D eigenvalue weighted by molar-refractivity contribution is 7.99. The highest BCUT2D eigenvalue weighted by Gasteiger charge is 2.22. The number of nitrogens with zero attached hydrogens (tertiary/aromatic N) is 2. The Hall–Kier alpha value is -1.46. The Morgan fingerprint density at radius 3 is 2.75 bits per heavy atom. The summed E-state index contributed by atoms with van der Waals surface area (Å²) in [6.45, 7) is 3.77. The van der Waals surface area contributed by atoms with Crippen LogP contribution < -0.4 is 0 Å². The molecule has 0 aliphatic rings. The summed E-state index contributed by atoms with van der Waals surface area (Å²) in [5.74, 6) is -0.127. The fraction of sp³-hybridized carbons (Fsp3) is 0.286. The van der Waals surface area contributed by atoms with Crippen molar-refractivity contribution in [2.75, 3.05) is 5.75 Å². The second kappa shape index (κ2) is 6.33. The van der Waals surface area contributed by atoms with Gasteiger partial charge in [0, 0.05) is 5.75 Å². The molecule has 20 heavy (non-hydrogen) atoms. The number of para-hydroxylation sites is 1. The van der Waals surface area contributed by atoms with E-state index in [9.17, 15) is 9.90 Å². The van der Waals surface area contributed by atoms with Gasteiger partial charge in [-0.3, -0.25) is 4.57 Å². The molecule has 1 heterocycles. The Balaban J connectivity index is 2.64. The number of hydrogen-bond donors (Lipinski definition) is 1. The zero-order valence-corrected chi connectivity index (χ0v) is 12.8. The molecule has 6 heteroatoms. The summed E-state index contributed by atoms with van der Waals surface area (Å²) >= 11 is 7.73. The Labute approximate surface area is 126 Å². The van der Waals surface area contributed by atoms with Gasteiger partial charge in [0.05, 0.1) is 16.4 Å². The highest BCUT2D eigenvalue weighted by atomic mass is 35.5. The summed E-state index contributed by atoms with van der Waals surface area (Å²) in [7, 11) is 0. The van der Waals surface area contributed by atoms with Crippen molar-refractivity contribution >= 4 is 29.3 Å². The molecule has 0 aliphatic carbocycles. The number of aromatic nitrogens is 2. The minimum Gasteiger partial charge on any atom is -0.477 e. The summed E-state index contributed by atoms with van der Waals surface area (Å²) in [5.41, 5.74) is 1.30. The van der Waals surface area contributed by atoms with Crippen molar-refractivity contribution in [3.05, 3.63) is 40.7 Å². The van der Waals surface area contributed by atoms with Crippen molar-refractivity contribution < 1.29 is 9.90 Å². The zero-order chi connectivity index (χ0) is 14.7. The van der Waals surface area contributed by atoms with Crippen molar-refractivity contribution in [1.29, 1.82) is 0 Å². The lowest BCUT2D eigenvalue weighted by atomic mass is 10.3. The first-order valence-corrected chi connectivity index (χ1v) is 7.63. The molecule has 0 unspecified atom stereocenters. The number of halogens is 1. The highest BCUT2D eigenvalue weighted by Crippen LogP contribution is 2.30. The lowest BCUT2D eigenvalue weighted by Crippen LogP contribution is -2.09. The Morgan fingerprint density at radius 2 is 2.15 bits per heavy atom. The van der Waals surface area contributed by atoms with Crippen LogP contribution in [0.4, 0.5) is 0 Å². The largest absolute Gasteiger partial charge is 0.477 e. The van der Waals surface area contributed by atoms with E-state index in [1.54, 1.807) is 23.6 Å². The van der Waals surface area contributed by atoms with E-state index in [0.717, 1.165) is 12.2 Å². The maximum Gasteiger partial charge on any atom is 0.354 e. The first-order chi connectivity index (χ1) is 9.56. The van der Waals surface area contributed by atoms with Crippen molar-refractivity contribution in [3.8, 4) is 5.69 Å². The maximum atomic E-state index is 11.5. The molecule has 0 amide bonds. The normalized spacial score (nSPS) is 10.8. The van der Waals surface area contributed by atoms with Crippen molar-refractivity contribution in [3.63, 3.8) is 0 Å². The molecule has 0 radical (unpaired) electrons. The molecule has 106 valence electrons. The van der Waals surface area contributed by atoms with Crippen LogP contribution in [0.15, 0.2) is 29.4 Å². The van der Waals surface area contributed by atoms with E-state index in [-0.39, 0.29) is 5.69 Å². The van der Waals surface area contributed by atoms with Crippen molar-refractivity contribution in [1.82, 2.24) is 9.55 Å². The summed E-state index contributed by atoms with van der Waals surface area (Å²) in [5, 5.41) is 10.6. The Kier molecular flexibility index (Phi) is 4.73. The predicted molar refractivity (Wildman–Crippen MR) is 81.3 cm³/mol. The monoisotopic (exact) mass is 310 g/mol. The van der Waals surface area contributed by atoms with E-state index >= 15 is 0 Å². The number of carbonyl (C=O) groups is 1. The fourth-order valence-electron chi connectivity index (χ4n) is 1.90. The summed E-state index contributed by atoms with van der Waals surface area (Å²) in [6.07, 6.45) is 0.988. The third-order valence-corrected chi connectivity index (χ3v) is 4.22. The maximum absolute atomic E-state index is 11.5. The van der Waals surface area contributed by atoms with Gasteiger partial charge in [0.25, 0.3) is 0 Å². The molecular weight excluding hydrogens is 296 g/mol. The number of hydrogen-bond acceptors (Lipinski definition) is 3. The SMILES string of the molecule is CCCSc1nc(C)c(C(=O)O)n1-c1ccccc1Cl. The van der Waals surface area contributed by atoms with Crippen LogP contribution in [-0.4, -0.2) is 26.4 Å². The Bertz CT molecular complexity index is 640. The van der Waals surface area contributed by atoms with Gasteiger partial charge in [-0.05, 0) is 25.5 Å². The van der Waals surface area contributed by atoms with Gasteiger partial charge in [0.15, 0.2) is 10.9 Å². The Morgan fingerprint density at radius 1 is 1.45 bits per heavy atom. The number of carboxylic acid groups (broad SMARTS) is 1. The van der Waals surface area contributed by atoms with Gasteiger partial charge in [-0.2, -0.15) is 0 Å². The van der Waals surface area contributed by atoms with E-state index in [1.807, 2.05) is 12.1 Å². The molecule has 2 aromatic rings. The fourth-order valence-corrected chi connectivity index (χ4v) is 3.03. The predicted octanol–water partition coefficient (Wildman–Crippen LogP) is 4.03. The summed E-state index contributed by atoms with van der Waals surface area (Å²) in [6, 6.07) is 7.18. The van der Waals surface area contributed by atoms with Gasteiger partial charge in [-0.25, -0.2) is 9.78 Å². The molecule has 1 N–H and O–H groups in total. The van der Waals surface area contributed by atoms with Gasteiger partial charge in [0.1, 0.15) is 0 Å². The second-order valence-electron chi connectivity index (χ2n) is 4.27. The summed E-state index contributed by atoms with van der Waals surface area (Å²) in [4.78, 5) is 15.9. The molecule has 1 aromatic carbocycles. The molecule has 0 atom stereocenters. The van der Waals surface area contributed by atoms with Gasteiger partial charge < -0.3 is 5.11 Å². The average Bonchev–Trinajstić information content (AvgIpc) is 2.73. The molecule has 0 bridgehead atoms.